The van der Waals surface area contributed by atoms with Crippen molar-refractivity contribution in [2.45, 2.75) is 0 Å². The number of thiol groups is 2. The maximum Gasteiger partial charge on any atom is 0.314 e. The van der Waals surface area contributed by atoms with Crippen LogP contribution in [0.4, 0.5) is 0 Å². The Kier molecular flexibility index (Phi) is 18.2. The molecule has 1 aliphatic heterocycles. The van der Waals surface area contributed by atoms with Gasteiger partial charge in [0, 0.05) is 26.2 Å². The quantitative estimate of drug-likeness (QED) is 0.190. The van der Waals surface area contributed by atoms with Crippen LogP contribution in [0.1, 0.15) is 0 Å². The summed E-state index contributed by atoms with van der Waals surface area (Å²) >= 11 is 6.44. The van der Waals surface area contributed by atoms with Crippen molar-refractivity contribution in [3.8, 4) is 0 Å². The molecule has 0 unspecified atom stereocenters. The minimum Gasteiger partial charge on any atom is -0.326 e. The van der Waals surface area contributed by atoms with E-state index in [-0.39, 0.29) is 0 Å². The number of piperazine rings is 1. The smallest absolute Gasteiger partial charge is 0.314 e. The van der Waals surface area contributed by atoms with Crippen molar-refractivity contribution in [2.24, 2.45) is 0 Å². The Labute approximate surface area is 83.1 Å². The Bertz CT molecular complexity index is 88.8. The Hall–Kier alpha value is 0.770. The fourth-order valence-electron chi connectivity index (χ4n) is 0.604. The molecule has 1 rings (SSSR count). The zero-order valence-electron chi connectivity index (χ0n) is 6.53. The predicted molar refractivity (Wildman–Crippen MR) is 57.2 cm³/mol. The van der Waals surface area contributed by atoms with E-state index in [4.69, 9.17) is 14.4 Å². The number of hydrogen-bond acceptors (Lipinski definition) is 5. The van der Waals surface area contributed by atoms with Gasteiger partial charge in [0.25, 0.3) is 0 Å². The Morgan fingerprint density at radius 1 is 1.00 bits per heavy atom. The van der Waals surface area contributed by atoms with E-state index in [1.807, 2.05) is 0 Å². The van der Waals surface area contributed by atoms with Gasteiger partial charge in [-0.25, -0.2) is 0 Å². The molecule has 0 saturated carbocycles. The number of rotatable bonds is 0. The molecular formula is C4H15N2O3PS2. The molecule has 12 heavy (non-hydrogen) atoms. The molecule has 0 aromatic carbocycles. The molecule has 0 aromatic rings. The lowest BCUT2D eigenvalue weighted by Crippen LogP contribution is -2.39. The highest BCUT2D eigenvalue weighted by Crippen LogP contribution is 1.98. The summed E-state index contributed by atoms with van der Waals surface area (Å²) in [6.45, 7) is 4.56. The van der Waals surface area contributed by atoms with Gasteiger partial charge in [-0.1, -0.05) is 0 Å². The van der Waals surface area contributed by atoms with Crippen molar-refractivity contribution in [3.63, 3.8) is 0 Å². The summed E-state index contributed by atoms with van der Waals surface area (Å²) < 4.78 is 8.74. The lowest BCUT2D eigenvalue weighted by atomic mass is 10.4. The average molecular weight is 234 g/mol. The Balaban J connectivity index is 0. The van der Waals surface area contributed by atoms with Crippen LogP contribution in [-0.2, 0) is 4.57 Å². The third-order valence-electron chi connectivity index (χ3n) is 0.957. The van der Waals surface area contributed by atoms with Crippen LogP contribution in [-0.4, -0.2) is 36.0 Å². The van der Waals surface area contributed by atoms with Crippen molar-refractivity contribution in [1.82, 2.24) is 10.6 Å². The second-order valence-electron chi connectivity index (χ2n) is 1.78. The largest absolute Gasteiger partial charge is 0.326 e. The van der Waals surface area contributed by atoms with Crippen molar-refractivity contribution in [2.75, 3.05) is 26.2 Å². The van der Waals surface area contributed by atoms with E-state index in [2.05, 4.69) is 34.0 Å². The molecule has 0 atom stereocenters. The molecule has 0 aliphatic carbocycles. The Morgan fingerprint density at radius 2 is 1.17 bits per heavy atom. The van der Waals surface area contributed by atoms with E-state index in [0.29, 0.717) is 0 Å². The van der Waals surface area contributed by atoms with E-state index in [9.17, 15) is 0 Å². The minimum atomic E-state index is -3.13. The summed E-state index contributed by atoms with van der Waals surface area (Å²) in [6, 6.07) is 0. The molecule has 0 bridgehead atoms. The van der Waals surface area contributed by atoms with Gasteiger partial charge in [-0.05, 0) is 0 Å². The maximum absolute atomic E-state index is 8.74. The molecule has 0 radical (unpaired) electrons. The lowest BCUT2D eigenvalue weighted by molar-refractivity contribution is 0.405. The van der Waals surface area contributed by atoms with Crippen LogP contribution in [0.25, 0.3) is 0 Å². The summed E-state index contributed by atoms with van der Waals surface area (Å²) in [5.41, 5.74) is 0. The second kappa shape index (κ2) is 14.3. The third kappa shape index (κ3) is 22.4. The van der Waals surface area contributed by atoms with Crippen LogP contribution in [0, 0.1) is 0 Å². The molecule has 4 N–H and O–H groups in total. The van der Waals surface area contributed by atoms with Gasteiger partial charge in [-0.3, -0.25) is 4.57 Å². The summed E-state index contributed by atoms with van der Waals surface area (Å²) in [5, 5.41) is 6.44. The molecule has 1 aliphatic rings. The summed E-state index contributed by atoms with van der Waals surface area (Å²) in [7, 11) is -3.13. The van der Waals surface area contributed by atoms with Crippen LogP contribution >= 0.6 is 31.6 Å². The van der Waals surface area contributed by atoms with Crippen molar-refractivity contribution >= 4 is 31.6 Å². The van der Waals surface area contributed by atoms with Crippen LogP contribution in [0.2, 0.25) is 0 Å². The fraction of sp³-hybridized carbons (Fsp3) is 1.00. The zero-order valence-corrected chi connectivity index (χ0v) is 9.31. The lowest BCUT2D eigenvalue weighted by Gasteiger charge is -2.11. The van der Waals surface area contributed by atoms with Crippen LogP contribution in [0.5, 0.6) is 0 Å². The van der Waals surface area contributed by atoms with Gasteiger partial charge in [-0.15, -0.1) is 23.3 Å². The molecule has 1 fully saturated rings. The van der Waals surface area contributed by atoms with E-state index in [1.165, 1.54) is 0 Å². The van der Waals surface area contributed by atoms with E-state index in [1.54, 1.807) is 0 Å². The highest BCUT2D eigenvalue weighted by molar-refractivity contribution is 8.59. The molecule has 76 valence electrons. The number of hydrogen-bond donors (Lipinski definition) is 6. The molecular weight excluding hydrogens is 219 g/mol. The molecule has 0 spiro atoms. The van der Waals surface area contributed by atoms with Gasteiger partial charge in [0.2, 0.25) is 0 Å². The monoisotopic (exact) mass is 234 g/mol. The summed E-state index contributed by atoms with van der Waals surface area (Å²) in [5.74, 6) is 0. The first-order valence-electron chi connectivity index (χ1n) is 3.27. The normalized spacial score (nSPS) is 15.4. The van der Waals surface area contributed by atoms with E-state index in [0.717, 1.165) is 26.2 Å². The van der Waals surface area contributed by atoms with Crippen molar-refractivity contribution < 1.29 is 14.4 Å². The standard InChI is InChI=1S/C4H10N2.H3O3P.H2S2/c1-2-6-4-3-5-1;1-4(2)3;1-2/h5-6H,1-4H2;4H,(H2,1,2,3);1-2H. The SMILES string of the molecule is C1CNCCN1.O=[PH](O)O.SS. The molecule has 0 amide bonds. The van der Waals surface area contributed by atoms with Crippen molar-refractivity contribution in [1.29, 1.82) is 0 Å². The number of nitrogens with one attached hydrogen (secondary N) is 2. The van der Waals surface area contributed by atoms with Gasteiger partial charge in [0.1, 0.15) is 0 Å². The average Bonchev–Trinajstić information content (AvgIpc) is 2.10. The highest BCUT2D eigenvalue weighted by atomic mass is 33.1. The van der Waals surface area contributed by atoms with Crippen LogP contribution in [0.15, 0.2) is 0 Å². The predicted octanol–water partition coefficient (Wildman–Crippen LogP) is -0.699. The van der Waals surface area contributed by atoms with Gasteiger partial charge in [-0.2, -0.15) is 0 Å². The molecule has 1 heterocycles. The molecule has 5 nitrogen and oxygen atoms in total. The van der Waals surface area contributed by atoms with Gasteiger partial charge >= 0.3 is 8.25 Å². The highest BCUT2D eigenvalue weighted by Gasteiger charge is 1.91. The molecule has 0 aromatic heterocycles. The Morgan fingerprint density at radius 3 is 1.25 bits per heavy atom. The maximum atomic E-state index is 8.74. The van der Waals surface area contributed by atoms with Crippen LogP contribution < -0.4 is 10.6 Å². The summed E-state index contributed by atoms with van der Waals surface area (Å²) in [6.07, 6.45) is 0. The summed E-state index contributed by atoms with van der Waals surface area (Å²) in [4.78, 5) is 14.3. The topological polar surface area (TPSA) is 81.6 Å². The first-order chi connectivity index (χ1) is 5.73. The van der Waals surface area contributed by atoms with E-state index >= 15 is 0 Å². The molecule has 8 heteroatoms. The first-order valence-corrected chi connectivity index (χ1v) is 6.17. The fourth-order valence-corrected chi connectivity index (χ4v) is 0.604. The van der Waals surface area contributed by atoms with E-state index < -0.39 is 8.25 Å². The third-order valence-corrected chi connectivity index (χ3v) is 0.957. The van der Waals surface area contributed by atoms with Gasteiger partial charge in [0.15, 0.2) is 0 Å². The second-order valence-corrected chi connectivity index (χ2v) is 2.35. The van der Waals surface area contributed by atoms with Gasteiger partial charge < -0.3 is 20.4 Å². The minimum absolute atomic E-state index is 1.14. The van der Waals surface area contributed by atoms with Crippen LogP contribution in [0.3, 0.4) is 0 Å². The zero-order chi connectivity index (χ0) is 9.82. The first kappa shape index (κ1) is 15.3. The van der Waals surface area contributed by atoms with Gasteiger partial charge in [0.05, 0.1) is 0 Å². The van der Waals surface area contributed by atoms with Crippen molar-refractivity contribution in [3.05, 3.63) is 0 Å². The molecule has 1 saturated heterocycles.